The maximum Gasteiger partial charge on any atom is 0.371 e. The number of hydrogen-bond donors (Lipinski definition) is 1. The fourth-order valence-corrected chi connectivity index (χ4v) is 2.93. The zero-order valence-corrected chi connectivity index (χ0v) is 15.7. The van der Waals surface area contributed by atoms with Crippen molar-refractivity contribution < 1.29 is 22.8 Å². The van der Waals surface area contributed by atoms with Gasteiger partial charge in [0.25, 0.3) is 0 Å². The van der Waals surface area contributed by atoms with Crippen LogP contribution < -0.4 is 20.6 Å². The Labute approximate surface area is 152 Å². The lowest BCUT2D eigenvalue weighted by Crippen LogP contribution is -2.37. The number of aryl methyl sites for hydroxylation is 1. The number of rotatable bonds is 7. The molecule has 1 aromatic carbocycles. The highest BCUT2D eigenvalue weighted by molar-refractivity contribution is 7.80. The summed E-state index contributed by atoms with van der Waals surface area (Å²) in [5.41, 5.74) is 1.89. The monoisotopic (exact) mass is 384 g/mol. The van der Waals surface area contributed by atoms with Gasteiger partial charge in [0, 0.05) is 7.05 Å². The third kappa shape index (κ3) is 4.11. The van der Waals surface area contributed by atoms with Crippen molar-refractivity contribution in [3.8, 4) is 11.8 Å². The van der Waals surface area contributed by atoms with Gasteiger partial charge in [-0.05, 0) is 32.4 Å². The van der Waals surface area contributed by atoms with E-state index in [4.69, 9.17) is 13.8 Å². The lowest BCUT2D eigenvalue weighted by Gasteiger charge is -2.11. The Morgan fingerprint density at radius 2 is 1.96 bits per heavy atom. The molecule has 1 N–H and O–H groups in total. The number of carbonyl (C=O) groups excluding carboxylic acids is 1. The molecule has 0 aliphatic rings. The molecule has 1 atom stereocenters. The normalized spacial score (nSPS) is 11.8. The second-order valence-electron chi connectivity index (χ2n) is 5.03. The van der Waals surface area contributed by atoms with Crippen LogP contribution in [0.1, 0.15) is 19.4 Å². The van der Waals surface area contributed by atoms with E-state index < -0.39 is 22.8 Å². The third-order valence-corrected chi connectivity index (χ3v) is 4.34. The summed E-state index contributed by atoms with van der Waals surface area (Å²) >= 11 is -2.05. The van der Waals surface area contributed by atoms with Gasteiger partial charge in [-0.1, -0.05) is 12.1 Å². The molecule has 26 heavy (non-hydrogen) atoms. The van der Waals surface area contributed by atoms with Gasteiger partial charge < -0.3 is 9.47 Å². The maximum atomic E-state index is 12.4. The highest BCUT2D eigenvalue weighted by Crippen LogP contribution is 2.26. The van der Waals surface area contributed by atoms with Crippen LogP contribution in [0, 0.1) is 6.92 Å². The van der Waals surface area contributed by atoms with E-state index >= 15 is 0 Å². The van der Waals surface area contributed by atoms with E-state index in [1.54, 1.807) is 39.0 Å². The molecule has 0 aliphatic heterocycles. The number of hydroxylamine groups is 1. The maximum absolute atomic E-state index is 12.4. The molecule has 1 aromatic heterocycles. The van der Waals surface area contributed by atoms with Crippen LogP contribution in [0.3, 0.4) is 0 Å². The van der Waals surface area contributed by atoms with Crippen molar-refractivity contribution in [1.82, 2.24) is 19.8 Å². The van der Waals surface area contributed by atoms with E-state index in [0.717, 1.165) is 4.57 Å². The predicted molar refractivity (Wildman–Crippen MR) is 92.4 cm³/mol. The Morgan fingerprint density at radius 1 is 1.27 bits per heavy atom. The Hall–Kier alpha value is -2.66. The van der Waals surface area contributed by atoms with E-state index in [9.17, 15) is 13.8 Å². The number of benzene rings is 1. The van der Waals surface area contributed by atoms with Gasteiger partial charge in [0.05, 0.1) is 13.2 Å². The Balaban J connectivity index is 2.15. The quantitative estimate of drug-likeness (QED) is 0.706. The minimum absolute atomic E-state index is 0.0219. The summed E-state index contributed by atoms with van der Waals surface area (Å²) in [5.74, 6) is 0.383. The van der Waals surface area contributed by atoms with Crippen molar-refractivity contribution in [2.75, 3.05) is 13.2 Å². The van der Waals surface area contributed by atoms with Crippen molar-refractivity contribution in [1.29, 1.82) is 0 Å². The molecule has 1 amide bonds. The molecule has 2 rings (SSSR count). The fraction of sp³-hybridized carbons (Fsp3) is 0.400. The summed E-state index contributed by atoms with van der Waals surface area (Å²) < 4.78 is 29.5. The molecule has 0 spiro atoms. The number of aromatic nitrogens is 3. The van der Waals surface area contributed by atoms with Gasteiger partial charge in [-0.25, -0.2) is 18.4 Å². The Bertz CT molecular complexity index is 876. The van der Waals surface area contributed by atoms with Crippen molar-refractivity contribution in [2.45, 2.75) is 25.7 Å². The minimum atomic E-state index is -2.05. The molecule has 142 valence electrons. The van der Waals surface area contributed by atoms with Crippen LogP contribution in [0.2, 0.25) is 0 Å². The summed E-state index contributed by atoms with van der Waals surface area (Å²) in [6.07, 6.45) is 0. The topological polar surface area (TPSA) is 114 Å². The molecular weight excluding hydrogens is 364 g/mol. The van der Waals surface area contributed by atoms with Gasteiger partial charge in [0.1, 0.15) is 10.6 Å². The van der Waals surface area contributed by atoms with E-state index in [0.29, 0.717) is 22.6 Å². The smallest absolute Gasteiger partial charge is 0.371 e. The van der Waals surface area contributed by atoms with Crippen LogP contribution in [-0.2, 0) is 22.4 Å². The molecule has 0 radical (unpaired) electrons. The van der Waals surface area contributed by atoms with Crippen molar-refractivity contribution in [3.63, 3.8) is 0 Å². The van der Waals surface area contributed by atoms with E-state index in [-0.39, 0.29) is 17.5 Å². The first-order valence-electron chi connectivity index (χ1n) is 7.81. The van der Waals surface area contributed by atoms with Crippen LogP contribution in [0.4, 0.5) is 4.79 Å². The van der Waals surface area contributed by atoms with Crippen molar-refractivity contribution in [3.05, 3.63) is 34.2 Å². The van der Waals surface area contributed by atoms with Gasteiger partial charge in [-0.2, -0.15) is 9.76 Å². The van der Waals surface area contributed by atoms with E-state index in [2.05, 4.69) is 5.10 Å². The molecule has 1 heterocycles. The third-order valence-electron chi connectivity index (χ3n) is 3.25. The number of ether oxygens (including phenoxy) is 2. The number of carbonyl (C=O) groups is 1. The molecule has 0 saturated carbocycles. The van der Waals surface area contributed by atoms with Crippen molar-refractivity contribution in [2.24, 2.45) is 7.05 Å². The number of hydrogen-bond acceptors (Lipinski definition) is 7. The zero-order chi connectivity index (χ0) is 19.3. The van der Waals surface area contributed by atoms with Gasteiger partial charge in [0.15, 0.2) is 0 Å². The first-order valence-corrected chi connectivity index (χ1v) is 8.88. The fourth-order valence-electron chi connectivity index (χ4n) is 2.07. The summed E-state index contributed by atoms with van der Waals surface area (Å²) in [7, 11) is 1.41. The van der Waals surface area contributed by atoms with Crippen molar-refractivity contribution >= 4 is 17.1 Å². The molecule has 0 bridgehead atoms. The van der Waals surface area contributed by atoms with E-state index in [1.807, 2.05) is 5.48 Å². The zero-order valence-electron chi connectivity index (χ0n) is 14.8. The van der Waals surface area contributed by atoms with Crippen LogP contribution in [0.25, 0.3) is 0 Å². The Morgan fingerprint density at radius 3 is 2.62 bits per heavy atom. The average molecular weight is 384 g/mol. The molecule has 2 aromatic rings. The summed E-state index contributed by atoms with van der Waals surface area (Å²) in [5, 5.41) is 3.74. The standard InChI is InChI=1S/C15H20N4O6S/c1-5-23-11-9-7-8-10(3)12(11)26(22)25-17-13(20)19-15(21)18(4)14(16-19)24-6-2/h7-9H,5-6H2,1-4H3,(H,17,20). The summed E-state index contributed by atoms with van der Waals surface area (Å²) in [6, 6.07) is 4.11. The Kier molecular flexibility index (Phi) is 6.52. The molecule has 10 nitrogen and oxygen atoms in total. The summed E-state index contributed by atoms with van der Waals surface area (Å²) in [4.78, 5) is 24.4. The highest BCUT2D eigenvalue weighted by atomic mass is 32.2. The van der Waals surface area contributed by atoms with Gasteiger partial charge >= 0.3 is 17.7 Å². The van der Waals surface area contributed by atoms with Crippen LogP contribution in [0.15, 0.2) is 27.9 Å². The first kappa shape index (κ1) is 19.7. The summed E-state index contributed by atoms with van der Waals surface area (Å²) in [6.45, 7) is 5.90. The second kappa shape index (κ2) is 8.63. The van der Waals surface area contributed by atoms with Gasteiger partial charge in [-0.3, -0.25) is 0 Å². The lowest BCUT2D eigenvalue weighted by atomic mass is 10.2. The molecule has 11 heteroatoms. The number of nitrogens with one attached hydrogen (secondary N) is 1. The lowest BCUT2D eigenvalue weighted by molar-refractivity contribution is 0.185. The number of nitrogens with zero attached hydrogens (tertiary/aromatic N) is 3. The first-order chi connectivity index (χ1) is 12.4. The highest BCUT2D eigenvalue weighted by Gasteiger charge is 2.20. The molecule has 0 fully saturated rings. The molecule has 1 unspecified atom stereocenters. The number of amides is 1. The molecule has 0 aliphatic carbocycles. The largest absolute Gasteiger partial charge is 0.493 e. The van der Waals surface area contributed by atoms with E-state index in [1.165, 1.54) is 7.05 Å². The SMILES string of the molecule is CCOc1cccc(C)c1S(=O)ONC(=O)n1nc(OCC)n(C)c1=O. The average Bonchev–Trinajstić information content (AvgIpc) is 2.89. The van der Waals surface area contributed by atoms with Gasteiger partial charge in [-0.15, -0.1) is 9.78 Å². The minimum Gasteiger partial charge on any atom is -0.493 e. The molecular formula is C15H20N4O6S. The van der Waals surface area contributed by atoms with Gasteiger partial charge in [0.2, 0.25) is 11.1 Å². The predicted octanol–water partition coefficient (Wildman–Crippen LogP) is 0.900. The second-order valence-corrected chi connectivity index (χ2v) is 6.07. The van der Waals surface area contributed by atoms with Crippen LogP contribution >= 0.6 is 0 Å². The van der Waals surface area contributed by atoms with Crippen LogP contribution in [0.5, 0.6) is 11.8 Å². The van der Waals surface area contributed by atoms with Crippen LogP contribution in [-0.4, -0.2) is 37.8 Å². The molecule has 0 saturated heterocycles.